The number of para-hydroxylation sites is 2. The van der Waals surface area contributed by atoms with Gasteiger partial charge in [-0.15, -0.1) is 12.4 Å². The number of halogens is 1. The van der Waals surface area contributed by atoms with Crippen molar-refractivity contribution in [3.05, 3.63) is 58.7 Å². The Morgan fingerprint density at radius 2 is 1.40 bits per heavy atom. The molecule has 3 aromatic carbocycles. The number of rotatable bonds is 0. The van der Waals surface area contributed by atoms with Crippen LogP contribution in [0.5, 0.6) is 0 Å². The van der Waals surface area contributed by atoms with Crippen LogP contribution in [0.4, 0.5) is 0 Å². The van der Waals surface area contributed by atoms with E-state index >= 15 is 0 Å². The van der Waals surface area contributed by atoms with Gasteiger partial charge in [0.25, 0.3) is 11.8 Å². The summed E-state index contributed by atoms with van der Waals surface area (Å²) in [6.07, 6.45) is 0.994. The topological polar surface area (TPSA) is 68.1 Å². The van der Waals surface area contributed by atoms with Crippen LogP contribution in [-0.2, 0) is 26.1 Å². The van der Waals surface area contributed by atoms with E-state index in [0.29, 0.717) is 11.1 Å². The highest BCUT2D eigenvalue weighted by Crippen LogP contribution is 2.48. The third kappa shape index (κ3) is 2.43. The minimum atomic E-state index is -0.279. The first kappa shape index (κ1) is 21.0. The highest BCUT2D eigenvalue weighted by atomic mass is 35.5. The van der Waals surface area contributed by atoms with Crippen molar-refractivity contribution >= 4 is 67.8 Å². The standard InChI is InChI=1S/C28H24N4O2.ClH/c1-28(2)11-14-5-3-7-16-19-21-20(26(33)30-27(21)34)18-17-8-4-6-15-12-29-9-10-31(23(15)17)24(18)25(19)32(13-28)22(14)16;/h3-8,29H,9-13H2,1-2H3,(H,30,33,34);1H. The number of carbonyl (C=O) groups is 2. The van der Waals surface area contributed by atoms with Gasteiger partial charge in [0.2, 0.25) is 0 Å². The minimum Gasteiger partial charge on any atom is -0.338 e. The molecule has 0 unspecified atom stereocenters. The first-order valence-corrected chi connectivity index (χ1v) is 12.0. The Balaban J connectivity index is 0.00000210. The van der Waals surface area contributed by atoms with Gasteiger partial charge in [-0.05, 0) is 23.0 Å². The lowest BCUT2D eigenvalue weighted by atomic mass is 9.82. The minimum absolute atomic E-state index is 0. The fraction of sp³-hybridized carbons (Fsp3) is 0.286. The zero-order valence-electron chi connectivity index (χ0n) is 19.6. The number of fused-ring (bicyclic) bond motifs is 10. The summed E-state index contributed by atoms with van der Waals surface area (Å²) in [5.41, 5.74) is 8.30. The van der Waals surface area contributed by atoms with Gasteiger partial charge in [-0.2, -0.15) is 0 Å². The largest absolute Gasteiger partial charge is 0.338 e. The molecule has 0 aliphatic carbocycles. The molecule has 2 N–H and O–H groups in total. The van der Waals surface area contributed by atoms with Crippen LogP contribution in [0.1, 0.15) is 45.7 Å². The summed E-state index contributed by atoms with van der Waals surface area (Å²) in [7, 11) is 0. The molecule has 35 heavy (non-hydrogen) atoms. The molecule has 3 aliphatic heterocycles. The second kappa shape index (κ2) is 6.65. The first-order chi connectivity index (χ1) is 16.4. The van der Waals surface area contributed by atoms with Crippen LogP contribution in [0.2, 0.25) is 0 Å². The Hall–Kier alpha value is -3.35. The summed E-state index contributed by atoms with van der Waals surface area (Å²) in [5, 5.41) is 10.2. The van der Waals surface area contributed by atoms with E-state index in [2.05, 4.69) is 70.0 Å². The van der Waals surface area contributed by atoms with Crippen molar-refractivity contribution in [2.75, 3.05) is 6.54 Å². The van der Waals surface area contributed by atoms with Crippen molar-refractivity contribution in [1.82, 2.24) is 19.8 Å². The van der Waals surface area contributed by atoms with Crippen LogP contribution in [0, 0.1) is 5.41 Å². The number of amides is 2. The van der Waals surface area contributed by atoms with Crippen LogP contribution >= 0.6 is 12.4 Å². The molecule has 8 rings (SSSR count). The van der Waals surface area contributed by atoms with Crippen molar-refractivity contribution in [1.29, 1.82) is 0 Å². The quantitative estimate of drug-likeness (QED) is 0.307. The lowest BCUT2D eigenvalue weighted by Gasteiger charge is -2.32. The van der Waals surface area contributed by atoms with Gasteiger partial charge in [-0.3, -0.25) is 14.9 Å². The number of hydrogen-bond donors (Lipinski definition) is 2. The predicted octanol–water partition coefficient (Wildman–Crippen LogP) is 4.89. The lowest BCUT2D eigenvalue weighted by Crippen LogP contribution is -2.27. The number of nitrogens with one attached hydrogen (secondary N) is 2. The number of carbonyl (C=O) groups excluding carboxylic acids is 2. The van der Waals surface area contributed by atoms with Crippen LogP contribution in [0.15, 0.2) is 36.4 Å². The van der Waals surface area contributed by atoms with Crippen molar-refractivity contribution in [3.8, 4) is 0 Å². The highest BCUT2D eigenvalue weighted by Gasteiger charge is 2.39. The third-order valence-corrected chi connectivity index (χ3v) is 8.07. The molecular formula is C28H25ClN4O2. The van der Waals surface area contributed by atoms with Crippen molar-refractivity contribution in [2.45, 2.75) is 39.9 Å². The number of aromatic nitrogens is 2. The van der Waals surface area contributed by atoms with Gasteiger partial charge >= 0.3 is 0 Å². The molecule has 0 radical (unpaired) electrons. The summed E-state index contributed by atoms with van der Waals surface area (Å²) >= 11 is 0. The average Bonchev–Trinajstić information content (AvgIpc) is 3.32. The summed E-state index contributed by atoms with van der Waals surface area (Å²) in [4.78, 5) is 26.6. The molecule has 0 saturated heterocycles. The van der Waals surface area contributed by atoms with E-state index in [4.69, 9.17) is 0 Å². The van der Waals surface area contributed by atoms with Gasteiger partial charge in [-0.25, -0.2) is 0 Å². The van der Waals surface area contributed by atoms with Crippen LogP contribution in [0.25, 0.3) is 43.6 Å². The fourth-order valence-corrected chi connectivity index (χ4v) is 6.98. The van der Waals surface area contributed by atoms with Gasteiger partial charge in [0.15, 0.2) is 0 Å². The Labute approximate surface area is 207 Å². The summed E-state index contributed by atoms with van der Waals surface area (Å²) in [6.45, 7) is 7.97. The molecule has 6 nitrogen and oxygen atoms in total. The molecule has 0 atom stereocenters. The van der Waals surface area contributed by atoms with E-state index in [1.807, 2.05) is 0 Å². The van der Waals surface area contributed by atoms with E-state index in [1.54, 1.807) is 0 Å². The van der Waals surface area contributed by atoms with Crippen LogP contribution < -0.4 is 10.6 Å². The summed E-state index contributed by atoms with van der Waals surface area (Å²) in [6, 6.07) is 12.8. The maximum Gasteiger partial charge on any atom is 0.259 e. The molecule has 0 bridgehead atoms. The van der Waals surface area contributed by atoms with Gasteiger partial charge in [0.05, 0.1) is 33.2 Å². The average molecular weight is 485 g/mol. The number of benzene rings is 3. The van der Waals surface area contributed by atoms with Gasteiger partial charge in [0, 0.05) is 47.7 Å². The number of nitrogens with zero attached hydrogens (tertiary/aromatic N) is 2. The molecule has 0 fully saturated rings. The molecule has 0 spiro atoms. The molecule has 2 amide bonds. The predicted molar refractivity (Wildman–Crippen MR) is 141 cm³/mol. The monoisotopic (exact) mass is 484 g/mol. The number of hydrogen-bond acceptors (Lipinski definition) is 3. The Morgan fingerprint density at radius 3 is 2.09 bits per heavy atom. The van der Waals surface area contributed by atoms with Crippen molar-refractivity contribution < 1.29 is 9.59 Å². The molecule has 176 valence electrons. The molecule has 2 aromatic heterocycles. The first-order valence-electron chi connectivity index (χ1n) is 12.0. The molecular weight excluding hydrogens is 460 g/mol. The van der Waals surface area contributed by atoms with Gasteiger partial charge < -0.3 is 14.5 Å². The maximum absolute atomic E-state index is 13.3. The Kier molecular flexibility index (Phi) is 3.99. The van der Waals surface area contributed by atoms with E-state index in [9.17, 15) is 9.59 Å². The normalized spacial score (nSPS) is 18.2. The fourth-order valence-electron chi connectivity index (χ4n) is 6.98. The van der Waals surface area contributed by atoms with Gasteiger partial charge in [-0.1, -0.05) is 50.2 Å². The van der Waals surface area contributed by atoms with Crippen molar-refractivity contribution in [3.63, 3.8) is 0 Å². The Bertz CT molecular complexity index is 1810. The molecule has 5 heterocycles. The van der Waals surface area contributed by atoms with E-state index in [0.717, 1.165) is 65.2 Å². The molecule has 0 saturated carbocycles. The zero-order valence-corrected chi connectivity index (χ0v) is 20.4. The SMILES string of the molecule is CC1(C)Cc2cccc3c4c5c(c6c7cccc8c7n(c6c4n(c23)C1)CCNC8)C(=O)NC5=O.Cl. The van der Waals surface area contributed by atoms with Gasteiger partial charge in [0.1, 0.15) is 0 Å². The van der Waals surface area contributed by atoms with E-state index < -0.39 is 0 Å². The number of imide groups is 1. The summed E-state index contributed by atoms with van der Waals surface area (Å²) < 4.78 is 4.85. The molecule has 5 aromatic rings. The van der Waals surface area contributed by atoms with Crippen LogP contribution in [0.3, 0.4) is 0 Å². The van der Waals surface area contributed by atoms with Crippen LogP contribution in [-0.4, -0.2) is 27.5 Å². The van der Waals surface area contributed by atoms with Crippen molar-refractivity contribution in [2.24, 2.45) is 5.41 Å². The molecule has 7 heteroatoms. The second-order valence-corrected chi connectivity index (χ2v) is 10.9. The summed E-state index contributed by atoms with van der Waals surface area (Å²) in [5.74, 6) is -0.556. The Morgan fingerprint density at radius 1 is 0.800 bits per heavy atom. The maximum atomic E-state index is 13.3. The second-order valence-electron chi connectivity index (χ2n) is 10.9. The molecule has 3 aliphatic rings. The zero-order chi connectivity index (χ0) is 22.9. The smallest absolute Gasteiger partial charge is 0.259 e. The third-order valence-electron chi connectivity index (χ3n) is 8.07. The lowest BCUT2D eigenvalue weighted by molar-refractivity contribution is 0.0880. The van der Waals surface area contributed by atoms with E-state index in [1.165, 1.54) is 22.2 Å². The van der Waals surface area contributed by atoms with E-state index in [-0.39, 0.29) is 29.6 Å². The highest BCUT2D eigenvalue weighted by molar-refractivity contribution is 6.39.